The molecule has 4 nitrogen and oxygen atoms in total. The molecule has 0 bridgehead atoms. The highest BCUT2D eigenvalue weighted by molar-refractivity contribution is 5.69. The van der Waals surface area contributed by atoms with Crippen molar-refractivity contribution in [3.8, 4) is 0 Å². The number of cyclic esters (lactones) is 1. The fourth-order valence-corrected chi connectivity index (χ4v) is 1.94. The summed E-state index contributed by atoms with van der Waals surface area (Å²) in [5.41, 5.74) is -0.00637. The molecule has 2 heterocycles. The topological polar surface area (TPSA) is 50.4 Å². The Balaban J connectivity index is 2.02. The van der Waals surface area contributed by atoms with Crippen molar-refractivity contribution in [2.24, 2.45) is 0 Å². The van der Waals surface area contributed by atoms with E-state index in [1.165, 1.54) is 0 Å². The molecule has 12 heavy (non-hydrogen) atoms. The molecule has 1 atom stereocenters. The van der Waals surface area contributed by atoms with Gasteiger partial charge in [-0.15, -0.1) is 0 Å². The molecule has 0 aromatic rings. The fraction of sp³-hybridized carbons (Fsp3) is 0.875. The van der Waals surface area contributed by atoms with Gasteiger partial charge in [0.1, 0.15) is 0 Å². The Hall–Kier alpha value is -0.770. The minimum absolute atomic E-state index is 0.00637. The van der Waals surface area contributed by atoms with Crippen molar-refractivity contribution in [2.45, 2.75) is 24.8 Å². The van der Waals surface area contributed by atoms with Gasteiger partial charge in [0.25, 0.3) is 0 Å². The van der Waals surface area contributed by atoms with Gasteiger partial charge in [-0.2, -0.15) is 0 Å². The van der Waals surface area contributed by atoms with E-state index < -0.39 is 0 Å². The smallest absolute Gasteiger partial charge is 0.407 e. The van der Waals surface area contributed by atoms with Crippen molar-refractivity contribution in [3.63, 3.8) is 0 Å². The van der Waals surface area contributed by atoms with Crippen LogP contribution in [0.4, 0.5) is 4.79 Å². The number of alkyl carbamates (subject to hydrolysis) is 1. The highest BCUT2D eigenvalue weighted by atomic mass is 16.6. The molecular weight excluding hydrogens is 156 g/mol. The van der Waals surface area contributed by atoms with Crippen LogP contribution in [0, 0.1) is 0 Å². The second-order valence-corrected chi connectivity index (χ2v) is 3.57. The molecule has 0 aromatic carbocycles. The zero-order valence-corrected chi connectivity index (χ0v) is 7.06. The van der Waals surface area contributed by atoms with E-state index in [0.717, 1.165) is 32.4 Å². The lowest BCUT2D eigenvalue weighted by molar-refractivity contribution is 0.0765. The average Bonchev–Trinajstić information content (AvgIpc) is 2.05. The van der Waals surface area contributed by atoms with Gasteiger partial charge in [0.2, 0.25) is 0 Å². The quantitative estimate of drug-likeness (QED) is 0.547. The van der Waals surface area contributed by atoms with Gasteiger partial charge in [0.05, 0.1) is 12.1 Å². The van der Waals surface area contributed by atoms with Crippen molar-refractivity contribution in [3.05, 3.63) is 0 Å². The molecule has 1 spiro atoms. The summed E-state index contributed by atoms with van der Waals surface area (Å²) < 4.78 is 4.83. The maximum Gasteiger partial charge on any atom is 0.407 e. The molecule has 0 saturated carbocycles. The first kappa shape index (κ1) is 7.86. The molecule has 0 aliphatic carbocycles. The normalized spacial score (nSPS) is 35.8. The molecule has 0 unspecified atom stereocenters. The molecule has 0 aromatic heterocycles. The SMILES string of the molecule is O=C1N[C@@]2(CCCNC2)CCO1. The van der Waals surface area contributed by atoms with Crippen LogP contribution in [0.5, 0.6) is 0 Å². The summed E-state index contributed by atoms with van der Waals surface area (Å²) in [4.78, 5) is 11.0. The number of rotatable bonds is 0. The Bertz CT molecular complexity index is 182. The lowest BCUT2D eigenvalue weighted by Crippen LogP contribution is -2.60. The van der Waals surface area contributed by atoms with E-state index in [9.17, 15) is 4.79 Å². The predicted molar refractivity (Wildman–Crippen MR) is 43.9 cm³/mol. The summed E-state index contributed by atoms with van der Waals surface area (Å²) in [7, 11) is 0. The van der Waals surface area contributed by atoms with Gasteiger partial charge >= 0.3 is 6.09 Å². The molecule has 2 aliphatic rings. The molecule has 68 valence electrons. The van der Waals surface area contributed by atoms with E-state index >= 15 is 0 Å². The largest absolute Gasteiger partial charge is 0.449 e. The van der Waals surface area contributed by atoms with Crippen LogP contribution in [0.25, 0.3) is 0 Å². The van der Waals surface area contributed by atoms with Gasteiger partial charge in [0.15, 0.2) is 0 Å². The summed E-state index contributed by atoms with van der Waals surface area (Å²) in [6.45, 7) is 2.52. The van der Waals surface area contributed by atoms with Crippen LogP contribution in [0.2, 0.25) is 0 Å². The van der Waals surface area contributed by atoms with Crippen molar-refractivity contribution in [2.75, 3.05) is 19.7 Å². The first-order valence-corrected chi connectivity index (χ1v) is 4.46. The molecule has 2 saturated heterocycles. The predicted octanol–water partition coefficient (Wildman–Crippen LogP) is 0.238. The fourth-order valence-electron chi connectivity index (χ4n) is 1.94. The lowest BCUT2D eigenvalue weighted by Gasteiger charge is -2.40. The highest BCUT2D eigenvalue weighted by Gasteiger charge is 2.36. The number of ether oxygens (including phenoxy) is 1. The van der Waals surface area contributed by atoms with Gasteiger partial charge in [-0.25, -0.2) is 4.79 Å². The molecule has 2 aliphatic heterocycles. The molecule has 2 fully saturated rings. The van der Waals surface area contributed by atoms with Gasteiger partial charge in [-0.05, 0) is 19.4 Å². The van der Waals surface area contributed by atoms with Crippen LogP contribution in [0.15, 0.2) is 0 Å². The van der Waals surface area contributed by atoms with Gasteiger partial charge in [-0.1, -0.05) is 0 Å². The second-order valence-electron chi connectivity index (χ2n) is 3.57. The Morgan fingerprint density at radius 1 is 1.42 bits per heavy atom. The number of nitrogens with one attached hydrogen (secondary N) is 2. The van der Waals surface area contributed by atoms with Crippen molar-refractivity contribution in [1.29, 1.82) is 0 Å². The van der Waals surface area contributed by atoms with Gasteiger partial charge in [-0.3, -0.25) is 0 Å². The third-order valence-corrected chi connectivity index (χ3v) is 2.65. The van der Waals surface area contributed by atoms with E-state index in [4.69, 9.17) is 4.74 Å². The molecule has 4 heteroatoms. The Labute approximate surface area is 71.7 Å². The van der Waals surface area contributed by atoms with E-state index in [0.29, 0.717) is 6.61 Å². The minimum atomic E-state index is -0.259. The summed E-state index contributed by atoms with van der Waals surface area (Å²) in [6.07, 6.45) is 2.89. The van der Waals surface area contributed by atoms with Crippen molar-refractivity contribution >= 4 is 6.09 Å². The van der Waals surface area contributed by atoms with Gasteiger partial charge < -0.3 is 15.4 Å². The summed E-state index contributed by atoms with van der Waals surface area (Å²) in [6, 6.07) is 0. The summed E-state index contributed by atoms with van der Waals surface area (Å²) in [5, 5.41) is 6.20. The second kappa shape index (κ2) is 2.94. The number of carbonyl (C=O) groups is 1. The third kappa shape index (κ3) is 1.39. The standard InChI is InChI=1S/C8H14N2O2/c11-7-10-8(3-5-12-7)2-1-4-9-6-8/h9H,1-6H2,(H,10,11)/t8-/m0/s1. The van der Waals surface area contributed by atoms with Crippen LogP contribution in [-0.4, -0.2) is 31.3 Å². The number of piperidine rings is 1. The molecular formula is C8H14N2O2. The molecule has 2 rings (SSSR count). The van der Waals surface area contributed by atoms with Crippen LogP contribution >= 0.6 is 0 Å². The van der Waals surface area contributed by atoms with E-state index in [1.807, 2.05) is 0 Å². The lowest BCUT2D eigenvalue weighted by atomic mass is 9.86. The van der Waals surface area contributed by atoms with Crippen molar-refractivity contribution < 1.29 is 9.53 Å². The highest BCUT2D eigenvalue weighted by Crippen LogP contribution is 2.22. The zero-order valence-electron chi connectivity index (χ0n) is 7.06. The third-order valence-electron chi connectivity index (χ3n) is 2.65. The molecule has 2 N–H and O–H groups in total. The first-order chi connectivity index (χ1) is 5.81. The number of hydrogen-bond acceptors (Lipinski definition) is 3. The van der Waals surface area contributed by atoms with Crippen LogP contribution in [0.1, 0.15) is 19.3 Å². The molecule has 1 amide bonds. The van der Waals surface area contributed by atoms with Gasteiger partial charge in [0, 0.05) is 13.0 Å². The summed E-state index contributed by atoms with van der Waals surface area (Å²) in [5.74, 6) is 0. The number of amides is 1. The Morgan fingerprint density at radius 2 is 2.33 bits per heavy atom. The minimum Gasteiger partial charge on any atom is -0.449 e. The maximum absolute atomic E-state index is 11.0. The van der Waals surface area contributed by atoms with E-state index in [1.54, 1.807) is 0 Å². The number of hydrogen-bond donors (Lipinski definition) is 2. The first-order valence-electron chi connectivity index (χ1n) is 4.46. The number of carbonyl (C=O) groups excluding carboxylic acids is 1. The van der Waals surface area contributed by atoms with E-state index in [2.05, 4.69) is 10.6 Å². The Morgan fingerprint density at radius 3 is 3.00 bits per heavy atom. The van der Waals surface area contributed by atoms with E-state index in [-0.39, 0.29) is 11.6 Å². The van der Waals surface area contributed by atoms with Crippen molar-refractivity contribution in [1.82, 2.24) is 10.6 Å². The zero-order chi connectivity index (χ0) is 8.44. The summed E-state index contributed by atoms with van der Waals surface area (Å²) >= 11 is 0. The average molecular weight is 170 g/mol. The monoisotopic (exact) mass is 170 g/mol. The van der Waals surface area contributed by atoms with Crippen LogP contribution < -0.4 is 10.6 Å². The molecule has 0 radical (unpaired) electrons. The Kier molecular flexibility index (Phi) is 1.92. The van der Waals surface area contributed by atoms with Crippen LogP contribution in [0.3, 0.4) is 0 Å². The maximum atomic E-state index is 11.0. The van der Waals surface area contributed by atoms with Crippen LogP contribution in [-0.2, 0) is 4.74 Å².